The molecule has 1 spiro atoms. The van der Waals surface area contributed by atoms with Crippen LogP contribution in [0.3, 0.4) is 0 Å². The number of nitrogens with two attached hydrogens (primary N) is 1. The Bertz CT molecular complexity index is 1500. The summed E-state index contributed by atoms with van der Waals surface area (Å²) in [4.78, 5) is 25.9. The van der Waals surface area contributed by atoms with Gasteiger partial charge >= 0.3 is 5.97 Å². The molecule has 3 aliphatic rings. The highest BCUT2D eigenvalue weighted by Crippen LogP contribution is 2.58. The molecule has 0 saturated carbocycles. The van der Waals surface area contributed by atoms with Crippen molar-refractivity contribution in [1.82, 2.24) is 10.4 Å². The van der Waals surface area contributed by atoms with E-state index in [1.54, 1.807) is 48.5 Å². The van der Waals surface area contributed by atoms with Crippen molar-refractivity contribution in [2.75, 3.05) is 18.2 Å². The van der Waals surface area contributed by atoms with E-state index in [4.69, 9.17) is 33.7 Å². The molecule has 3 aliphatic heterocycles. The van der Waals surface area contributed by atoms with Gasteiger partial charge in [-0.2, -0.15) is 5.06 Å². The minimum atomic E-state index is -1.40. The van der Waals surface area contributed by atoms with E-state index in [1.807, 2.05) is 0 Å². The number of carbonyl (C=O) groups excluding carboxylic acids is 2. The summed E-state index contributed by atoms with van der Waals surface area (Å²) in [5.41, 5.74) is 7.35. The first kappa shape index (κ1) is 25.1. The lowest BCUT2D eigenvalue weighted by Gasteiger charge is -2.36. The number of hydroxylamine groups is 2. The third-order valence-corrected chi connectivity index (χ3v) is 8.46. The molecular weight excluding hydrogens is 534 g/mol. The van der Waals surface area contributed by atoms with Crippen LogP contribution in [0.25, 0.3) is 0 Å². The van der Waals surface area contributed by atoms with Crippen LogP contribution in [0.1, 0.15) is 45.4 Å². The van der Waals surface area contributed by atoms with Gasteiger partial charge < -0.3 is 21.0 Å². The van der Waals surface area contributed by atoms with E-state index in [0.717, 1.165) is 5.06 Å². The van der Waals surface area contributed by atoms with Gasteiger partial charge in [0.15, 0.2) is 0 Å². The van der Waals surface area contributed by atoms with Gasteiger partial charge in [0.1, 0.15) is 11.4 Å². The Morgan fingerprint density at radius 3 is 2.74 bits per heavy atom. The molecular formula is C27H23Cl2FN4O4. The fraction of sp³-hybridized carbons (Fsp3) is 0.259. The average molecular weight is 557 g/mol. The zero-order valence-corrected chi connectivity index (χ0v) is 21.6. The van der Waals surface area contributed by atoms with Gasteiger partial charge in [-0.15, -0.1) is 0 Å². The molecule has 6 rings (SSSR count). The number of methoxy groups -OCH3 is 1. The van der Waals surface area contributed by atoms with E-state index in [9.17, 15) is 14.8 Å². The number of nitrogens with one attached hydrogen (secondary N) is 2. The summed E-state index contributed by atoms with van der Waals surface area (Å²) >= 11 is 12.4. The maximum absolute atomic E-state index is 15.6. The first-order valence-corrected chi connectivity index (χ1v) is 12.7. The Morgan fingerprint density at radius 2 is 1.97 bits per heavy atom. The van der Waals surface area contributed by atoms with E-state index in [2.05, 4.69) is 10.6 Å². The molecule has 0 aliphatic carbocycles. The van der Waals surface area contributed by atoms with E-state index in [-0.39, 0.29) is 22.1 Å². The van der Waals surface area contributed by atoms with Crippen molar-refractivity contribution in [3.63, 3.8) is 0 Å². The molecule has 2 fully saturated rings. The summed E-state index contributed by atoms with van der Waals surface area (Å²) in [7, 11) is 1.28. The summed E-state index contributed by atoms with van der Waals surface area (Å²) in [5, 5.41) is 19.4. The number of ether oxygens (including phenoxy) is 1. The molecule has 11 heteroatoms. The van der Waals surface area contributed by atoms with Crippen LogP contribution in [-0.4, -0.2) is 41.3 Å². The Balaban J connectivity index is 1.50. The van der Waals surface area contributed by atoms with Gasteiger partial charge in [0.2, 0.25) is 5.91 Å². The van der Waals surface area contributed by atoms with Crippen LogP contribution >= 0.6 is 23.2 Å². The van der Waals surface area contributed by atoms with Gasteiger partial charge in [-0.3, -0.25) is 10.1 Å². The fourth-order valence-electron chi connectivity index (χ4n) is 6.36. The van der Waals surface area contributed by atoms with Gasteiger partial charge in [0.05, 0.1) is 29.8 Å². The van der Waals surface area contributed by atoms with E-state index < -0.39 is 41.4 Å². The number of halogens is 3. The molecule has 1 amide bonds. The number of anilines is 2. The van der Waals surface area contributed by atoms with E-state index in [1.165, 1.54) is 13.2 Å². The minimum Gasteiger partial charge on any atom is -0.465 e. The topological polar surface area (TPSA) is 117 Å². The highest BCUT2D eigenvalue weighted by Gasteiger charge is 2.66. The lowest BCUT2D eigenvalue weighted by molar-refractivity contribution is -0.143. The predicted octanol–water partition coefficient (Wildman–Crippen LogP) is 4.61. The van der Waals surface area contributed by atoms with Crippen LogP contribution < -0.4 is 16.4 Å². The van der Waals surface area contributed by atoms with Crippen molar-refractivity contribution >= 4 is 46.5 Å². The van der Waals surface area contributed by atoms with Gasteiger partial charge in [-0.1, -0.05) is 41.4 Å². The Morgan fingerprint density at radius 1 is 1.18 bits per heavy atom. The van der Waals surface area contributed by atoms with Gasteiger partial charge in [0, 0.05) is 33.9 Å². The van der Waals surface area contributed by atoms with Crippen molar-refractivity contribution in [3.8, 4) is 0 Å². The first-order valence-electron chi connectivity index (χ1n) is 12.0. The molecule has 0 radical (unpaired) electrons. The molecule has 8 nitrogen and oxygen atoms in total. The third-order valence-electron chi connectivity index (χ3n) is 7.93. The van der Waals surface area contributed by atoms with E-state index in [0.29, 0.717) is 33.9 Å². The van der Waals surface area contributed by atoms with Crippen LogP contribution in [-0.2, 0) is 15.1 Å². The number of fused-ring (bicyclic) bond motifs is 3. The molecule has 5 atom stereocenters. The normalized spacial score (nSPS) is 27.9. The number of rotatable bonds is 3. The Labute approximate surface area is 227 Å². The molecule has 38 heavy (non-hydrogen) atoms. The van der Waals surface area contributed by atoms with Crippen molar-refractivity contribution in [2.24, 2.45) is 0 Å². The lowest BCUT2D eigenvalue weighted by Crippen LogP contribution is -2.50. The Kier molecular flexibility index (Phi) is 5.89. The molecule has 0 bridgehead atoms. The standard InChI is InChI=1S/C27H23Cl2FN4O4/c1-38-25(35)12-5-8-18(31)15(9-12)21-11-20-24(34(21)37)22(14-3-2-4-17(29)23(14)30)27(33-20)16-7-6-13(28)10-19(16)32-26(27)36/h2-10,20-22,24,33,37H,11,31H2,1H3,(H,32,36)/t20-,21?,22-,24+,27+/m0/s1. The SMILES string of the molecule is COC(=O)c1ccc(N)c(C2C[C@@H]3N[C@@]4(C(=O)Nc5cc(Cl)ccc54)[C@@H](c4cccc(Cl)c4F)[C@@H]3N2O)c1. The van der Waals surface area contributed by atoms with Crippen molar-refractivity contribution in [3.05, 3.63) is 92.7 Å². The van der Waals surface area contributed by atoms with Crippen LogP contribution in [0.2, 0.25) is 10.0 Å². The number of hydrogen-bond acceptors (Lipinski definition) is 7. The number of nitrogens with zero attached hydrogens (tertiary/aromatic N) is 1. The molecule has 5 N–H and O–H groups in total. The summed E-state index contributed by atoms with van der Waals surface area (Å²) < 4.78 is 20.5. The van der Waals surface area contributed by atoms with Gasteiger partial charge in [-0.05, 0) is 53.9 Å². The highest BCUT2D eigenvalue weighted by molar-refractivity contribution is 6.31. The van der Waals surface area contributed by atoms with Crippen molar-refractivity contribution < 1.29 is 23.9 Å². The van der Waals surface area contributed by atoms with Gasteiger partial charge in [0.25, 0.3) is 0 Å². The largest absolute Gasteiger partial charge is 0.465 e. The lowest BCUT2D eigenvalue weighted by atomic mass is 9.74. The van der Waals surface area contributed by atoms with E-state index >= 15 is 4.39 Å². The van der Waals surface area contributed by atoms with Crippen LogP contribution in [0, 0.1) is 5.82 Å². The molecule has 3 heterocycles. The number of carbonyl (C=O) groups is 2. The van der Waals surface area contributed by atoms with Crippen LogP contribution in [0.4, 0.5) is 15.8 Å². The third kappa shape index (κ3) is 3.47. The number of nitrogen functional groups attached to an aromatic ring is 1. The van der Waals surface area contributed by atoms with Crippen molar-refractivity contribution in [2.45, 2.75) is 36.0 Å². The molecule has 3 aromatic rings. The smallest absolute Gasteiger partial charge is 0.337 e. The summed E-state index contributed by atoms with van der Waals surface area (Å²) in [6.45, 7) is 0. The highest BCUT2D eigenvalue weighted by atomic mass is 35.5. The second-order valence-corrected chi connectivity index (χ2v) is 10.6. The predicted molar refractivity (Wildman–Crippen MR) is 140 cm³/mol. The quantitative estimate of drug-likeness (QED) is 0.275. The summed E-state index contributed by atoms with van der Waals surface area (Å²) in [6.07, 6.45) is 0.326. The maximum Gasteiger partial charge on any atom is 0.337 e. The second kappa shape index (κ2) is 8.93. The molecule has 0 aromatic heterocycles. The summed E-state index contributed by atoms with van der Waals surface area (Å²) in [6, 6.07) is 12.5. The summed E-state index contributed by atoms with van der Waals surface area (Å²) in [5.74, 6) is -2.47. The molecule has 3 aromatic carbocycles. The monoisotopic (exact) mass is 556 g/mol. The molecule has 196 valence electrons. The second-order valence-electron chi connectivity index (χ2n) is 9.78. The number of hydrogen-bond donors (Lipinski definition) is 4. The van der Waals surface area contributed by atoms with Crippen LogP contribution in [0.5, 0.6) is 0 Å². The van der Waals surface area contributed by atoms with Crippen LogP contribution in [0.15, 0.2) is 54.6 Å². The molecule has 2 saturated heterocycles. The first-order chi connectivity index (χ1) is 18.2. The van der Waals surface area contributed by atoms with Crippen molar-refractivity contribution in [1.29, 1.82) is 0 Å². The minimum absolute atomic E-state index is 0.0927. The maximum atomic E-state index is 15.6. The number of amides is 1. The fourth-order valence-corrected chi connectivity index (χ4v) is 6.72. The zero-order chi connectivity index (χ0) is 26.9. The zero-order valence-electron chi connectivity index (χ0n) is 20.0. The Hall–Kier alpha value is -3.21. The van der Waals surface area contributed by atoms with Gasteiger partial charge in [-0.25, -0.2) is 9.18 Å². The number of esters is 1. The average Bonchev–Trinajstić information content (AvgIpc) is 3.49. The molecule has 1 unspecified atom stereocenters. The number of benzene rings is 3.